The number of ether oxygens (including phenoxy) is 1. The molecule has 0 saturated heterocycles. The van der Waals surface area contributed by atoms with E-state index in [0.29, 0.717) is 6.61 Å². The van der Waals surface area contributed by atoms with Gasteiger partial charge in [0.1, 0.15) is 23.2 Å². The molecule has 152 valence electrons. The van der Waals surface area contributed by atoms with E-state index in [9.17, 15) is 0 Å². The lowest BCUT2D eigenvalue weighted by atomic mass is 10.2. The average molecular weight is 477 g/mol. The van der Waals surface area contributed by atoms with E-state index in [1.807, 2.05) is 0 Å². The molecule has 0 aliphatic carbocycles. The molecule has 0 spiro atoms. The standard InChI is InChI=1S/C27H26OP.BrH/c1-28-21-24-15-11-12-20-27(24)29(25-16-7-3-8-17-25,26-18-9-4-10-19-26)22-23-13-5-2-6-14-23;/h2-20H,21-22H2,1H3;1H/q+1;/p-1. The van der Waals surface area contributed by atoms with Gasteiger partial charge in [0.15, 0.2) is 0 Å². The Morgan fingerprint density at radius 2 is 1.07 bits per heavy atom. The van der Waals surface area contributed by atoms with E-state index in [1.54, 1.807) is 7.11 Å². The molecular weight excluding hydrogens is 451 g/mol. The Balaban J connectivity index is 0.00000256. The maximum absolute atomic E-state index is 5.60. The molecule has 0 aliphatic rings. The highest BCUT2D eigenvalue weighted by atomic mass is 79.9. The van der Waals surface area contributed by atoms with Crippen molar-refractivity contribution in [3.05, 3.63) is 126 Å². The van der Waals surface area contributed by atoms with Crippen LogP contribution in [0, 0.1) is 0 Å². The molecule has 0 fully saturated rings. The van der Waals surface area contributed by atoms with Crippen molar-refractivity contribution in [2.75, 3.05) is 7.11 Å². The van der Waals surface area contributed by atoms with Crippen molar-refractivity contribution >= 4 is 23.2 Å². The minimum atomic E-state index is -1.92. The summed E-state index contributed by atoms with van der Waals surface area (Å²) in [5.74, 6) is 0. The van der Waals surface area contributed by atoms with Gasteiger partial charge in [-0.3, -0.25) is 0 Å². The van der Waals surface area contributed by atoms with Crippen molar-refractivity contribution in [1.29, 1.82) is 0 Å². The molecule has 0 N–H and O–H groups in total. The largest absolute Gasteiger partial charge is 1.00 e. The van der Waals surface area contributed by atoms with Gasteiger partial charge in [-0.25, -0.2) is 0 Å². The molecule has 0 atom stereocenters. The van der Waals surface area contributed by atoms with Gasteiger partial charge in [-0.2, -0.15) is 0 Å². The number of hydrogen-bond donors (Lipinski definition) is 0. The topological polar surface area (TPSA) is 9.23 Å². The smallest absolute Gasteiger partial charge is 0.116 e. The fraction of sp³-hybridized carbons (Fsp3) is 0.111. The van der Waals surface area contributed by atoms with Crippen LogP contribution in [-0.2, 0) is 17.5 Å². The van der Waals surface area contributed by atoms with Gasteiger partial charge in [0.25, 0.3) is 0 Å². The van der Waals surface area contributed by atoms with E-state index >= 15 is 0 Å². The third kappa shape index (κ3) is 4.57. The summed E-state index contributed by atoms with van der Waals surface area (Å²) >= 11 is 0. The summed E-state index contributed by atoms with van der Waals surface area (Å²) < 4.78 is 5.60. The van der Waals surface area contributed by atoms with Gasteiger partial charge < -0.3 is 21.7 Å². The van der Waals surface area contributed by atoms with Gasteiger partial charge in [0.2, 0.25) is 0 Å². The molecular formula is C27H26BrOP. The highest BCUT2D eigenvalue weighted by Gasteiger charge is 2.46. The molecule has 30 heavy (non-hydrogen) atoms. The molecule has 0 saturated carbocycles. The normalized spacial score (nSPS) is 11.0. The highest BCUT2D eigenvalue weighted by molar-refractivity contribution is 7.95. The second kappa shape index (κ2) is 10.7. The number of benzene rings is 4. The lowest BCUT2D eigenvalue weighted by Gasteiger charge is -2.29. The average Bonchev–Trinajstić information content (AvgIpc) is 2.80. The SMILES string of the molecule is COCc1ccccc1[P+](Cc1ccccc1)(c1ccccc1)c1ccccc1.[Br-]. The fourth-order valence-corrected chi connectivity index (χ4v) is 8.56. The molecule has 3 heteroatoms. The number of rotatable bonds is 7. The van der Waals surface area contributed by atoms with Gasteiger partial charge in [-0.15, -0.1) is 0 Å². The first-order valence-corrected chi connectivity index (χ1v) is 11.9. The van der Waals surface area contributed by atoms with Crippen LogP contribution in [0.15, 0.2) is 115 Å². The van der Waals surface area contributed by atoms with E-state index in [2.05, 4.69) is 115 Å². The summed E-state index contributed by atoms with van der Waals surface area (Å²) in [6.45, 7) is 0.617. The van der Waals surface area contributed by atoms with E-state index in [1.165, 1.54) is 27.0 Å². The zero-order valence-electron chi connectivity index (χ0n) is 17.1. The van der Waals surface area contributed by atoms with E-state index in [-0.39, 0.29) is 17.0 Å². The first-order valence-electron chi connectivity index (χ1n) is 9.95. The molecule has 4 aromatic carbocycles. The summed E-state index contributed by atoms with van der Waals surface area (Å²) in [6, 6.07) is 41.7. The molecule has 1 nitrogen and oxygen atoms in total. The molecule has 0 aromatic heterocycles. The second-order valence-corrected chi connectivity index (χ2v) is 10.6. The third-order valence-corrected chi connectivity index (χ3v) is 9.82. The Kier molecular flexibility index (Phi) is 7.99. The maximum atomic E-state index is 5.60. The van der Waals surface area contributed by atoms with Crippen LogP contribution in [0.2, 0.25) is 0 Å². The van der Waals surface area contributed by atoms with Crippen molar-refractivity contribution in [2.45, 2.75) is 12.8 Å². The Morgan fingerprint density at radius 1 is 0.600 bits per heavy atom. The van der Waals surface area contributed by atoms with Crippen LogP contribution in [0.1, 0.15) is 11.1 Å². The van der Waals surface area contributed by atoms with Gasteiger partial charge in [-0.1, -0.05) is 84.9 Å². The molecule has 0 bridgehead atoms. The van der Waals surface area contributed by atoms with E-state index < -0.39 is 7.26 Å². The van der Waals surface area contributed by atoms with Crippen molar-refractivity contribution in [3.8, 4) is 0 Å². The highest BCUT2D eigenvalue weighted by Crippen LogP contribution is 2.58. The van der Waals surface area contributed by atoms with Gasteiger partial charge >= 0.3 is 0 Å². The van der Waals surface area contributed by atoms with Crippen LogP contribution in [0.4, 0.5) is 0 Å². The monoisotopic (exact) mass is 476 g/mol. The number of methoxy groups -OCH3 is 1. The molecule has 0 aliphatic heterocycles. The summed E-state index contributed by atoms with van der Waals surface area (Å²) in [5.41, 5.74) is 2.63. The van der Waals surface area contributed by atoms with Crippen molar-refractivity contribution in [2.24, 2.45) is 0 Å². The van der Waals surface area contributed by atoms with Crippen LogP contribution >= 0.6 is 7.26 Å². The summed E-state index contributed by atoms with van der Waals surface area (Å²) in [7, 11) is -0.146. The quantitative estimate of drug-likeness (QED) is 0.372. The van der Waals surface area contributed by atoms with Crippen LogP contribution in [0.5, 0.6) is 0 Å². The predicted octanol–water partition coefficient (Wildman–Crippen LogP) is 2.33. The van der Waals surface area contributed by atoms with Gasteiger partial charge in [0.05, 0.1) is 12.8 Å². The Labute approximate surface area is 190 Å². The van der Waals surface area contributed by atoms with Crippen LogP contribution in [-0.4, -0.2) is 7.11 Å². The van der Waals surface area contributed by atoms with E-state index in [4.69, 9.17) is 4.74 Å². The summed E-state index contributed by atoms with van der Waals surface area (Å²) in [4.78, 5) is 0. The lowest BCUT2D eigenvalue weighted by molar-refractivity contribution is -0.00000594. The molecule has 4 rings (SSSR count). The third-order valence-electron chi connectivity index (χ3n) is 5.36. The minimum absolute atomic E-state index is 0. The molecule has 0 heterocycles. The van der Waals surface area contributed by atoms with Crippen LogP contribution < -0.4 is 32.9 Å². The van der Waals surface area contributed by atoms with Crippen molar-refractivity contribution in [1.82, 2.24) is 0 Å². The van der Waals surface area contributed by atoms with Crippen molar-refractivity contribution < 1.29 is 21.7 Å². The Morgan fingerprint density at radius 3 is 1.60 bits per heavy atom. The molecule has 0 unspecified atom stereocenters. The molecule has 0 amide bonds. The molecule has 4 aromatic rings. The lowest BCUT2D eigenvalue weighted by Crippen LogP contribution is -3.00. The second-order valence-electron chi connectivity index (χ2n) is 7.19. The first kappa shape index (κ1) is 22.4. The Hall–Kier alpha value is -2.25. The van der Waals surface area contributed by atoms with E-state index in [0.717, 1.165) is 6.16 Å². The minimum Gasteiger partial charge on any atom is -1.00 e. The summed E-state index contributed by atoms with van der Waals surface area (Å²) in [5, 5.41) is 4.21. The maximum Gasteiger partial charge on any atom is 0.116 e. The Bertz CT molecular complexity index is 996. The predicted molar refractivity (Wildman–Crippen MR) is 126 cm³/mol. The zero-order valence-corrected chi connectivity index (χ0v) is 19.6. The van der Waals surface area contributed by atoms with Crippen LogP contribution in [0.3, 0.4) is 0 Å². The number of hydrogen-bond acceptors (Lipinski definition) is 1. The molecule has 0 radical (unpaired) electrons. The fourth-order valence-electron chi connectivity index (χ4n) is 4.08. The first-order chi connectivity index (χ1) is 14.3. The van der Waals surface area contributed by atoms with Crippen molar-refractivity contribution in [3.63, 3.8) is 0 Å². The summed E-state index contributed by atoms with van der Waals surface area (Å²) in [6.07, 6.45) is 0.989. The number of halogens is 1. The van der Waals surface area contributed by atoms with Crippen LogP contribution in [0.25, 0.3) is 0 Å². The van der Waals surface area contributed by atoms with Gasteiger partial charge in [0, 0.05) is 12.7 Å². The van der Waals surface area contributed by atoms with Gasteiger partial charge in [-0.05, 0) is 35.9 Å². The zero-order chi connectivity index (χ0) is 19.9.